The third-order valence-electron chi connectivity index (χ3n) is 2.04. The minimum atomic E-state index is -3.45. The first kappa shape index (κ1) is 14.0. The van der Waals surface area contributed by atoms with Crippen LogP contribution in [0.15, 0.2) is 29.2 Å². The minimum Gasteiger partial charge on any atom is -0.494 e. The van der Waals surface area contributed by atoms with E-state index in [9.17, 15) is 8.42 Å². The second-order valence-corrected chi connectivity index (χ2v) is 5.06. The van der Waals surface area contributed by atoms with Crippen LogP contribution in [0, 0.1) is 0 Å². The van der Waals surface area contributed by atoms with Gasteiger partial charge in [-0.1, -0.05) is 0 Å². The van der Waals surface area contributed by atoms with Crippen molar-refractivity contribution in [3.8, 4) is 5.75 Å². The van der Waals surface area contributed by atoms with E-state index in [0.29, 0.717) is 19.0 Å². The first-order valence-electron chi connectivity index (χ1n) is 5.31. The summed E-state index contributed by atoms with van der Waals surface area (Å²) in [5, 5.41) is 0. The Morgan fingerprint density at radius 3 is 2.41 bits per heavy atom. The maximum Gasteiger partial charge on any atom is 0.240 e. The van der Waals surface area contributed by atoms with Gasteiger partial charge in [-0.15, -0.1) is 0 Å². The van der Waals surface area contributed by atoms with Crippen LogP contribution in [0.3, 0.4) is 0 Å². The summed E-state index contributed by atoms with van der Waals surface area (Å²) in [6.45, 7) is 3.03. The lowest BCUT2D eigenvalue weighted by Crippen LogP contribution is -2.27. The first-order valence-corrected chi connectivity index (χ1v) is 6.80. The topological polar surface area (TPSA) is 64.6 Å². The van der Waals surface area contributed by atoms with Gasteiger partial charge in [-0.2, -0.15) is 0 Å². The van der Waals surface area contributed by atoms with Crippen molar-refractivity contribution < 1.29 is 17.9 Å². The number of sulfonamides is 1. The maximum absolute atomic E-state index is 11.8. The lowest BCUT2D eigenvalue weighted by atomic mass is 10.3. The van der Waals surface area contributed by atoms with Gasteiger partial charge in [-0.25, -0.2) is 13.1 Å². The van der Waals surface area contributed by atoms with Crippen LogP contribution in [0.5, 0.6) is 5.75 Å². The number of ether oxygens (including phenoxy) is 2. The Bertz CT molecular complexity index is 427. The molecule has 1 rings (SSSR count). The van der Waals surface area contributed by atoms with Crippen molar-refractivity contribution >= 4 is 10.0 Å². The fraction of sp³-hybridized carbons (Fsp3) is 0.455. The Morgan fingerprint density at radius 2 is 1.88 bits per heavy atom. The van der Waals surface area contributed by atoms with Crippen molar-refractivity contribution in [2.24, 2.45) is 0 Å². The Balaban J connectivity index is 2.71. The minimum absolute atomic E-state index is 0.219. The average molecular weight is 259 g/mol. The van der Waals surface area contributed by atoms with Crippen LogP contribution in [0.4, 0.5) is 0 Å². The van der Waals surface area contributed by atoms with Crippen molar-refractivity contribution in [3.05, 3.63) is 24.3 Å². The van der Waals surface area contributed by atoms with E-state index in [1.165, 1.54) is 19.2 Å². The monoisotopic (exact) mass is 259 g/mol. The largest absolute Gasteiger partial charge is 0.494 e. The zero-order valence-corrected chi connectivity index (χ0v) is 10.8. The normalized spacial score (nSPS) is 11.4. The van der Waals surface area contributed by atoms with E-state index in [-0.39, 0.29) is 11.4 Å². The van der Waals surface area contributed by atoms with Gasteiger partial charge < -0.3 is 9.47 Å². The van der Waals surface area contributed by atoms with Crippen LogP contribution in [0.25, 0.3) is 0 Å². The van der Waals surface area contributed by atoms with Crippen LogP contribution in [-0.4, -0.2) is 35.3 Å². The van der Waals surface area contributed by atoms with Gasteiger partial charge in [0.2, 0.25) is 10.0 Å². The van der Waals surface area contributed by atoms with Crippen LogP contribution in [-0.2, 0) is 14.8 Å². The van der Waals surface area contributed by atoms with Crippen molar-refractivity contribution in [2.75, 3.05) is 26.9 Å². The van der Waals surface area contributed by atoms with Crippen LogP contribution in [0.1, 0.15) is 6.92 Å². The van der Waals surface area contributed by atoms with Gasteiger partial charge in [0.1, 0.15) is 5.75 Å². The number of hydrogen-bond acceptors (Lipinski definition) is 4. The fourth-order valence-corrected chi connectivity index (χ4v) is 2.26. The highest BCUT2D eigenvalue weighted by Crippen LogP contribution is 2.15. The number of methoxy groups -OCH3 is 1. The number of hydrogen-bond donors (Lipinski definition) is 1. The van der Waals surface area contributed by atoms with Crippen molar-refractivity contribution in [3.63, 3.8) is 0 Å². The molecule has 17 heavy (non-hydrogen) atoms. The predicted octanol–water partition coefficient (Wildman–Crippen LogP) is 1.01. The number of rotatable bonds is 7. The number of benzene rings is 1. The molecule has 0 radical (unpaired) electrons. The zero-order valence-electron chi connectivity index (χ0n) is 9.97. The smallest absolute Gasteiger partial charge is 0.240 e. The highest BCUT2D eigenvalue weighted by atomic mass is 32.2. The van der Waals surface area contributed by atoms with Gasteiger partial charge >= 0.3 is 0 Å². The third kappa shape index (κ3) is 4.33. The standard InChI is InChI=1S/C11H17NO4S/c1-3-16-10-4-6-11(7-5-10)17(13,14)12-8-9-15-2/h4-7,12H,3,8-9H2,1-2H3. The third-order valence-corrected chi connectivity index (χ3v) is 3.52. The molecule has 1 aromatic carbocycles. The lowest BCUT2D eigenvalue weighted by molar-refractivity contribution is 0.204. The highest BCUT2D eigenvalue weighted by Gasteiger charge is 2.12. The Morgan fingerprint density at radius 1 is 1.24 bits per heavy atom. The molecule has 0 unspecified atom stereocenters. The quantitative estimate of drug-likeness (QED) is 0.742. The van der Waals surface area contributed by atoms with Gasteiger partial charge in [-0.3, -0.25) is 0 Å². The van der Waals surface area contributed by atoms with Crippen LogP contribution < -0.4 is 9.46 Å². The molecule has 0 aliphatic heterocycles. The second kappa shape index (κ2) is 6.58. The predicted molar refractivity (Wildman–Crippen MR) is 64.7 cm³/mol. The molecular weight excluding hydrogens is 242 g/mol. The van der Waals surface area contributed by atoms with Gasteiger partial charge in [0.25, 0.3) is 0 Å². The molecule has 0 atom stereocenters. The molecule has 0 saturated heterocycles. The Labute approximate surface area is 102 Å². The summed E-state index contributed by atoms with van der Waals surface area (Å²) >= 11 is 0. The van der Waals surface area contributed by atoms with E-state index >= 15 is 0 Å². The van der Waals surface area contributed by atoms with Crippen molar-refractivity contribution in [2.45, 2.75) is 11.8 Å². The van der Waals surface area contributed by atoms with E-state index in [2.05, 4.69) is 4.72 Å². The van der Waals surface area contributed by atoms with Gasteiger partial charge in [0, 0.05) is 13.7 Å². The molecule has 1 aromatic rings. The highest BCUT2D eigenvalue weighted by molar-refractivity contribution is 7.89. The summed E-state index contributed by atoms with van der Waals surface area (Å²) in [5.74, 6) is 0.656. The average Bonchev–Trinajstić information content (AvgIpc) is 2.30. The van der Waals surface area contributed by atoms with Gasteiger partial charge in [0.05, 0.1) is 18.1 Å². The van der Waals surface area contributed by atoms with E-state index in [1.54, 1.807) is 12.1 Å². The molecule has 0 aromatic heterocycles. The molecule has 0 heterocycles. The summed E-state index contributed by atoms with van der Waals surface area (Å²) in [4.78, 5) is 0.219. The van der Waals surface area contributed by atoms with E-state index in [1.807, 2.05) is 6.92 Å². The molecule has 1 N–H and O–H groups in total. The van der Waals surface area contributed by atoms with E-state index < -0.39 is 10.0 Å². The van der Waals surface area contributed by atoms with Crippen LogP contribution in [0.2, 0.25) is 0 Å². The zero-order chi connectivity index (χ0) is 12.7. The summed E-state index contributed by atoms with van der Waals surface area (Å²) in [7, 11) is -1.93. The molecule has 0 spiro atoms. The molecule has 0 saturated carbocycles. The van der Waals surface area contributed by atoms with Gasteiger partial charge in [0.15, 0.2) is 0 Å². The molecule has 0 bridgehead atoms. The first-order chi connectivity index (χ1) is 8.10. The molecular formula is C11H17NO4S. The molecule has 0 amide bonds. The van der Waals surface area contributed by atoms with Crippen molar-refractivity contribution in [1.29, 1.82) is 0 Å². The summed E-state index contributed by atoms with van der Waals surface area (Å²) in [5.41, 5.74) is 0. The van der Waals surface area contributed by atoms with Gasteiger partial charge in [-0.05, 0) is 31.2 Å². The van der Waals surface area contributed by atoms with Crippen LogP contribution >= 0.6 is 0 Å². The fourth-order valence-electron chi connectivity index (χ4n) is 1.24. The summed E-state index contributed by atoms with van der Waals surface area (Å²) in [6.07, 6.45) is 0. The number of nitrogens with one attached hydrogen (secondary N) is 1. The maximum atomic E-state index is 11.8. The SMILES string of the molecule is CCOc1ccc(S(=O)(=O)NCCOC)cc1. The summed E-state index contributed by atoms with van der Waals surface area (Å²) < 4.78 is 36.0. The molecule has 0 fully saturated rings. The Hall–Kier alpha value is -1.11. The molecule has 6 heteroatoms. The molecule has 0 aliphatic rings. The molecule has 96 valence electrons. The molecule has 0 aliphatic carbocycles. The lowest BCUT2D eigenvalue weighted by Gasteiger charge is -2.07. The second-order valence-electron chi connectivity index (χ2n) is 3.29. The molecule has 5 nitrogen and oxygen atoms in total. The van der Waals surface area contributed by atoms with Crippen molar-refractivity contribution in [1.82, 2.24) is 4.72 Å². The Kier molecular flexibility index (Phi) is 5.40. The summed E-state index contributed by atoms with van der Waals surface area (Å²) in [6, 6.07) is 6.29. The van der Waals surface area contributed by atoms with E-state index in [4.69, 9.17) is 9.47 Å². The van der Waals surface area contributed by atoms with E-state index in [0.717, 1.165) is 0 Å².